The quantitative estimate of drug-likeness (QED) is 0.599. The average molecular weight is 322 g/mol. The number of aromatic amines is 1. The molecule has 0 amide bonds. The van der Waals surface area contributed by atoms with Gasteiger partial charge in [-0.15, -0.1) is 5.11 Å². The second kappa shape index (κ2) is 5.38. The maximum Gasteiger partial charge on any atom is 0.218 e. The van der Waals surface area contributed by atoms with E-state index in [2.05, 4.69) is 15.2 Å². The molecule has 1 heterocycles. The first kappa shape index (κ1) is 14.5. The molecule has 1 aromatic heterocycles. The molecule has 0 atom stereocenters. The van der Waals surface area contributed by atoms with Crippen molar-refractivity contribution in [1.29, 1.82) is 0 Å². The molecule has 0 bridgehead atoms. The molecule has 2 N–H and O–H groups in total. The van der Waals surface area contributed by atoms with E-state index in [0.29, 0.717) is 10.7 Å². The zero-order chi connectivity index (χ0) is 15.9. The number of hydrogen-bond donors (Lipinski definition) is 2. The molecule has 4 nitrogen and oxygen atoms in total. The highest BCUT2D eigenvalue weighted by molar-refractivity contribution is 6.30. The Kier molecular flexibility index (Phi) is 3.54. The van der Waals surface area contributed by atoms with Crippen molar-refractivity contribution in [2.24, 2.45) is 10.2 Å². The fraction of sp³-hybridized carbons (Fsp3) is 0.0667. The number of aromatic nitrogens is 1. The van der Waals surface area contributed by atoms with E-state index in [-0.39, 0.29) is 22.5 Å². The number of azo groups is 1. The van der Waals surface area contributed by atoms with Crippen LogP contribution in [-0.2, 0) is 0 Å². The molecule has 0 saturated carbocycles. The number of hydrogen-bond acceptors (Lipinski definition) is 3. The summed E-state index contributed by atoms with van der Waals surface area (Å²) in [4.78, 5) is 2.42. The van der Waals surface area contributed by atoms with Gasteiger partial charge >= 0.3 is 0 Å². The molecule has 112 valence electrons. The van der Waals surface area contributed by atoms with Crippen molar-refractivity contribution in [3.05, 3.63) is 52.6 Å². The monoisotopic (exact) mass is 321 g/mol. The number of fused-ring (bicyclic) bond motifs is 1. The lowest BCUT2D eigenvalue weighted by molar-refractivity contribution is 0.459. The summed E-state index contributed by atoms with van der Waals surface area (Å²) < 4.78 is 27.0. The largest absolute Gasteiger partial charge is 0.493 e. The number of H-pyrrole nitrogens is 1. The second-order valence-electron chi connectivity index (χ2n) is 4.76. The van der Waals surface area contributed by atoms with E-state index in [9.17, 15) is 13.9 Å². The van der Waals surface area contributed by atoms with Gasteiger partial charge in [-0.05, 0) is 30.7 Å². The summed E-state index contributed by atoms with van der Waals surface area (Å²) in [5.41, 5.74) is 1.26. The van der Waals surface area contributed by atoms with E-state index in [4.69, 9.17) is 11.6 Å². The maximum absolute atomic E-state index is 13.6. The number of aromatic hydroxyl groups is 1. The molecule has 0 aliphatic carbocycles. The first-order valence-corrected chi connectivity index (χ1v) is 6.71. The van der Waals surface area contributed by atoms with Crippen LogP contribution >= 0.6 is 11.6 Å². The molecular weight excluding hydrogens is 312 g/mol. The Morgan fingerprint density at radius 1 is 1.14 bits per heavy atom. The van der Waals surface area contributed by atoms with Crippen molar-refractivity contribution < 1.29 is 13.9 Å². The normalized spacial score (nSPS) is 11.6. The van der Waals surface area contributed by atoms with Gasteiger partial charge < -0.3 is 10.1 Å². The van der Waals surface area contributed by atoms with Gasteiger partial charge in [0.1, 0.15) is 11.6 Å². The summed E-state index contributed by atoms with van der Waals surface area (Å²) in [7, 11) is 0. The van der Waals surface area contributed by atoms with E-state index in [1.807, 2.05) is 6.92 Å². The number of benzene rings is 2. The second-order valence-corrected chi connectivity index (χ2v) is 5.20. The van der Waals surface area contributed by atoms with E-state index in [1.165, 1.54) is 0 Å². The van der Waals surface area contributed by atoms with Gasteiger partial charge in [0.2, 0.25) is 5.88 Å². The molecule has 3 rings (SSSR count). The number of aryl methyl sites for hydroxylation is 1. The predicted octanol–water partition coefficient (Wildman–Crippen LogP) is 5.53. The minimum absolute atomic E-state index is 0.0318. The summed E-state index contributed by atoms with van der Waals surface area (Å²) in [5.74, 6) is -1.96. The van der Waals surface area contributed by atoms with Crippen LogP contribution in [0.4, 0.5) is 20.2 Å². The molecule has 0 aliphatic heterocycles. The zero-order valence-corrected chi connectivity index (χ0v) is 12.1. The van der Waals surface area contributed by atoms with Crippen LogP contribution in [0.15, 0.2) is 40.6 Å². The summed E-state index contributed by atoms with van der Waals surface area (Å²) in [5, 5.41) is 18.3. The van der Waals surface area contributed by atoms with Gasteiger partial charge in [0.05, 0.1) is 11.2 Å². The van der Waals surface area contributed by atoms with Crippen LogP contribution < -0.4 is 0 Å². The molecule has 0 unspecified atom stereocenters. The summed E-state index contributed by atoms with van der Waals surface area (Å²) in [6.45, 7) is 1.82. The van der Waals surface area contributed by atoms with Gasteiger partial charge in [-0.2, -0.15) is 5.11 Å². The third-order valence-corrected chi connectivity index (χ3v) is 3.44. The van der Waals surface area contributed by atoms with Crippen molar-refractivity contribution in [3.8, 4) is 5.88 Å². The van der Waals surface area contributed by atoms with Crippen molar-refractivity contribution in [2.75, 3.05) is 0 Å². The van der Waals surface area contributed by atoms with Gasteiger partial charge in [-0.1, -0.05) is 17.7 Å². The molecule has 0 saturated heterocycles. The Bertz CT molecular complexity index is 905. The van der Waals surface area contributed by atoms with Crippen LogP contribution in [0, 0.1) is 18.6 Å². The maximum atomic E-state index is 13.6. The Labute approximate surface area is 129 Å². The number of nitrogens with zero attached hydrogens (tertiary/aromatic N) is 2. The minimum atomic E-state index is -0.814. The van der Waals surface area contributed by atoms with Gasteiger partial charge in [0, 0.05) is 16.5 Å². The molecule has 3 aromatic rings. The Hall–Kier alpha value is -2.47. The van der Waals surface area contributed by atoms with Crippen LogP contribution in [0.1, 0.15) is 5.56 Å². The number of nitrogens with one attached hydrogen (secondary N) is 1. The first-order chi connectivity index (χ1) is 10.5. The standard InChI is InChI=1S/C15H10ClF2N3O/c1-7-2-3-8(16)4-12(7)20-21-14-10-5-9(17)6-11(18)13(10)19-15(14)22/h2-6,19,22H,1H3. The Morgan fingerprint density at radius 3 is 2.68 bits per heavy atom. The highest BCUT2D eigenvalue weighted by atomic mass is 35.5. The van der Waals surface area contributed by atoms with Gasteiger partial charge in [0.25, 0.3) is 0 Å². The zero-order valence-electron chi connectivity index (χ0n) is 11.4. The lowest BCUT2D eigenvalue weighted by atomic mass is 10.2. The van der Waals surface area contributed by atoms with Crippen molar-refractivity contribution >= 4 is 33.9 Å². The predicted molar refractivity (Wildman–Crippen MR) is 80.2 cm³/mol. The SMILES string of the molecule is Cc1ccc(Cl)cc1N=Nc1c(O)[nH]c2c(F)cc(F)cc12. The lowest BCUT2D eigenvalue weighted by Crippen LogP contribution is -1.80. The molecular formula is C15H10ClF2N3O. The average Bonchev–Trinajstić information content (AvgIpc) is 2.76. The van der Waals surface area contributed by atoms with Crippen LogP contribution in [0.3, 0.4) is 0 Å². The molecule has 0 radical (unpaired) electrons. The summed E-state index contributed by atoms with van der Waals surface area (Å²) >= 11 is 5.89. The highest BCUT2D eigenvalue weighted by Crippen LogP contribution is 2.38. The minimum Gasteiger partial charge on any atom is -0.493 e. The highest BCUT2D eigenvalue weighted by Gasteiger charge is 2.15. The summed E-state index contributed by atoms with van der Waals surface area (Å²) in [6.07, 6.45) is 0. The van der Waals surface area contributed by atoms with E-state index in [1.54, 1.807) is 18.2 Å². The lowest BCUT2D eigenvalue weighted by Gasteiger charge is -1.99. The van der Waals surface area contributed by atoms with Crippen LogP contribution in [-0.4, -0.2) is 10.1 Å². The Morgan fingerprint density at radius 2 is 1.91 bits per heavy atom. The van der Waals surface area contributed by atoms with Gasteiger partial charge in [0.15, 0.2) is 5.69 Å². The van der Waals surface area contributed by atoms with Crippen LogP contribution in [0.5, 0.6) is 5.88 Å². The smallest absolute Gasteiger partial charge is 0.218 e. The fourth-order valence-electron chi connectivity index (χ4n) is 2.09. The third-order valence-electron chi connectivity index (χ3n) is 3.21. The first-order valence-electron chi connectivity index (χ1n) is 6.33. The molecule has 7 heteroatoms. The number of halogens is 3. The van der Waals surface area contributed by atoms with Crippen molar-refractivity contribution in [3.63, 3.8) is 0 Å². The molecule has 2 aromatic carbocycles. The van der Waals surface area contributed by atoms with E-state index in [0.717, 1.165) is 17.7 Å². The molecule has 0 fully saturated rings. The van der Waals surface area contributed by atoms with Crippen molar-refractivity contribution in [1.82, 2.24) is 4.98 Å². The molecule has 0 spiro atoms. The van der Waals surface area contributed by atoms with Crippen LogP contribution in [0.2, 0.25) is 5.02 Å². The summed E-state index contributed by atoms with van der Waals surface area (Å²) in [6, 6.07) is 6.89. The number of rotatable bonds is 2. The molecule has 0 aliphatic rings. The topological polar surface area (TPSA) is 60.7 Å². The fourth-order valence-corrected chi connectivity index (χ4v) is 2.25. The van der Waals surface area contributed by atoms with E-state index < -0.39 is 11.6 Å². The van der Waals surface area contributed by atoms with Gasteiger partial charge in [-0.25, -0.2) is 8.78 Å². The van der Waals surface area contributed by atoms with E-state index >= 15 is 0 Å². The van der Waals surface area contributed by atoms with Crippen molar-refractivity contribution in [2.45, 2.75) is 6.92 Å². The molecule has 22 heavy (non-hydrogen) atoms. The van der Waals surface area contributed by atoms with Crippen LogP contribution in [0.25, 0.3) is 10.9 Å². The van der Waals surface area contributed by atoms with Gasteiger partial charge in [-0.3, -0.25) is 0 Å². The third kappa shape index (κ3) is 2.53. The Balaban J connectivity index is 2.12.